The van der Waals surface area contributed by atoms with E-state index in [1.54, 1.807) is 16.2 Å². The van der Waals surface area contributed by atoms with Crippen LogP contribution in [-0.2, 0) is 4.74 Å². The number of aromatic nitrogens is 2. The second-order valence-electron chi connectivity index (χ2n) is 7.66. The SMILES string of the molecule is CC(C)(C)OC(=O)N1CCC(c2nc(-c3cccs3)c3ccccn23)C1. The quantitative estimate of drug-likeness (QED) is 0.653. The number of thiophene rings is 1. The molecule has 0 bridgehead atoms. The molecular weight excluding hydrogens is 346 g/mol. The van der Waals surface area contributed by atoms with Gasteiger partial charge >= 0.3 is 6.09 Å². The van der Waals surface area contributed by atoms with E-state index in [0.717, 1.165) is 23.5 Å². The summed E-state index contributed by atoms with van der Waals surface area (Å²) in [6.45, 7) is 7.04. The maximum Gasteiger partial charge on any atom is 0.410 e. The first-order valence-electron chi connectivity index (χ1n) is 8.91. The van der Waals surface area contributed by atoms with Crippen LogP contribution < -0.4 is 0 Å². The van der Waals surface area contributed by atoms with Crippen molar-refractivity contribution in [2.75, 3.05) is 13.1 Å². The number of carbonyl (C=O) groups is 1. The standard InChI is InChI=1S/C20H23N3O2S/c1-20(2,3)25-19(24)22-11-9-14(13-22)18-21-17(16-8-6-12-26-16)15-7-4-5-10-23(15)18/h4-8,10,12,14H,9,11,13H2,1-3H3. The average molecular weight is 369 g/mol. The van der Waals surface area contributed by atoms with Crippen LogP contribution in [0.2, 0.25) is 0 Å². The van der Waals surface area contributed by atoms with E-state index in [-0.39, 0.29) is 12.0 Å². The van der Waals surface area contributed by atoms with Crippen LogP contribution in [0, 0.1) is 0 Å². The number of hydrogen-bond donors (Lipinski definition) is 0. The normalized spacial score (nSPS) is 17.8. The molecule has 4 rings (SSSR count). The molecule has 0 aliphatic carbocycles. The third kappa shape index (κ3) is 3.21. The summed E-state index contributed by atoms with van der Waals surface area (Å²) in [4.78, 5) is 20.3. The third-order valence-electron chi connectivity index (χ3n) is 4.54. The molecule has 3 aromatic rings. The smallest absolute Gasteiger partial charge is 0.410 e. The van der Waals surface area contributed by atoms with Gasteiger partial charge in [0.1, 0.15) is 17.1 Å². The molecule has 0 radical (unpaired) electrons. The number of hydrogen-bond acceptors (Lipinski definition) is 4. The summed E-state index contributed by atoms with van der Waals surface area (Å²) in [6.07, 6.45) is 2.72. The Hall–Kier alpha value is -2.34. The average Bonchev–Trinajstić information content (AvgIpc) is 3.31. The van der Waals surface area contributed by atoms with E-state index >= 15 is 0 Å². The van der Waals surface area contributed by atoms with E-state index in [4.69, 9.17) is 9.72 Å². The Kier molecular flexibility index (Phi) is 4.23. The molecule has 1 amide bonds. The molecule has 1 aliphatic heterocycles. The molecule has 0 N–H and O–H groups in total. The first-order valence-corrected chi connectivity index (χ1v) is 9.79. The minimum absolute atomic E-state index is 0.214. The molecule has 5 nitrogen and oxygen atoms in total. The van der Waals surface area contributed by atoms with Gasteiger partial charge in [0.05, 0.1) is 10.4 Å². The molecule has 26 heavy (non-hydrogen) atoms. The summed E-state index contributed by atoms with van der Waals surface area (Å²) in [5, 5.41) is 2.07. The summed E-state index contributed by atoms with van der Waals surface area (Å²) in [6, 6.07) is 10.3. The van der Waals surface area contributed by atoms with Crippen LogP contribution in [0.5, 0.6) is 0 Å². The second kappa shape index (κ2) is 6.43. The molecule has 6 heteroatoms. The zero-order chi connectivity index (χ0) is 18.3. The molecule has 0 spiro atoms. The van der Waals surface area contributed by atoms with Crippen molar-refractivity contribution < 1.29 is 9.53 Å². The highest BCUT2D eigenvalue weighted by atomic mass is 32.1. The van der Waals surface area contributed by atoms with Crippen molar-refractivity contribution in [2.45, 2.75) is 38.7 Å². The van der Waals surface area contributed by atoms with Gasteiger partial charge in [0.2, 0.25) is 0 Å². The van der Waals surface area contributed by atoms with E-state index in [1.165, 1.54) is 4.88 Å². The lowest BCUT2D eigenvalue weighted by Crippen LogP contribution is -2.35. The van der Waals surface area contributed by atoms with Crippen molar-refractivity contribution in [1.82, 2.24) is 14.3 Å². The fourth-order valence-corrected chi connectivity index (χ4v) is 4.13. The Morgan fingerprint density at radius 2 is 2.12 bits per heavy atom. The number of amides is 1. The Balaban J connectivity index is 1.63. The highest BCUT2D eigenvalue weighted by Crippen LogP contribution is 2.34. The number of rotatable bonds is 2. The summed E-state index contributed by atoms with van der Waals surface area (Å²) >= 11 is 1.70. The van der Waals surface area contributed by atoms with E-state index in [2.05, 4.69) is 28.1 Å². The fraction of sp³-hybridized carbons (Fsp3) is 0.400. The lowest BCUT2D eigenvalue weighted by atomic mass is 10.1. The third-order valence-corrected chi connectivity index (χ3v) is 5.41. The molecule has 1 fully saturated rings. The van der Waals surface area contributed by atoms with Crippen molar-refractivity contribution in [3.05, 3.63) is 47.7 Å². The number of imidazole rings is 1. The molecule has 4 heterocycles. The van der Waals surface area contributed by atoms with Crippen LogP contribution in [0.3, 0.4) is 0 Å². The van der Waals surface area contributed by atoms with Crippen molar-refractivity contribution in [1.29, 1.82) is 0 Å². The van der Waals surface area contributed by atoms with Crippen molar-refractivity contribution in [2.24, 2.45) is 0 Å². The predicted molar refractivity (Wildman–Crippen MR) is 104 cm³/mol. The molecule has 1 atom stereocenters. The topological polar surface area (TPSA) is 46.8 Å². The van der Waals surface area contributed by atoms with Gasteiger partial charge in [-0.15, -0.1) is 11.3 Å². The number of carbonyl (C=O) groups excluding carboxylic acids is 1. The molecule has 0 saturated carbocycles. The highest BCUT2D eigenvalue weighted by Gasteiger charge is 2.33. The van der Waals surface area contributed by atoms with Gasteiger partial charge in [-0.1, -0.05) is 12.1 Å². The first kappa shape index (κ1) is 17.1. The van der Waals surface area contributed by atoms with Gasteiger partial charge in [-0.2, -0.15) is 0 Å². The zero-order valence-electron chi connectivity index (χ0n) is 15.3. The lowest BCUT2D eigenvalue weighted by Gasteiger charge is -2.24. The largest absolute Gasteiger partial charge is 0.444 e. The molecule has 136 valence electrons. The van der Waals surface area contributed by atoms with Gasteiger partial charge in [-0.25, -0.2) is 9.78 Å². The molecular formula is C20H23N3O2S. The molecule has 1 unspecified atom stereocenters. The van der Waals surface area contributed by atoms with E-state index in [1.807, 2.05) is 39.0 Å². The maximum atomic E-state index is 12.4. The summed E-state index contributed by atoms with van der Waals surface area (Å²) < 4.78 is 7.68. The van der Waals surface area contributed by atoms with Crippen molar-refractivity contribution in [3.8, 4) is 10.6 Å². The van der Waals surface area contributed by atoms with Crippen LogP contribution in [0.1, 0.15) is 38.9 Å². The lowest BCUT2D eigenvalue weighted by molar-refractivity contribution is 0.0292. The van der Waals surface area contributed by atoms with Crippen molar-refractivity contribution >= 4 is 22.9 Å². The Morgan fingerprint density at radius 3 is 2.85 bits per heavy atom. The summed E-state index contributed by atoms with van der Waals surface area (Å²) in [5.41, 5.74) is 1.66. The van der Waals surface area contributed by atoms with Crippen LogP contribution >= 0.6 is 11.3 Å². The molecule has 1 aliphatic rings. The van der Waals surface area contributed by atoms with Crippen molar-refractivity contribution in [3.63, 3.8) is 0 Å². The van der Waals surface area contributed by atoms with Gasteiger partial charge in [-0.3, -0.25) is 0 Å². The van der Waals surface area contributed by atoms with Gasteiger partial charge in [0.15, 0.2) is 0 Å². The zero-order valence-corrected chi connectivity index (χ0v) is 16.1. The number of fused-ring (bicyclic) bond motifs is 1. The monoisotopic (exact) mass is 369 g/mol. The highest BCUT2D eigenvalue weighted by molar-refractivity contribution is 7.13. The summed E-state index contributed by atoms with van der Waals surface area (Å²) in [5.74, 6) is 1.24. The van der Waals surface area contributed by atoms with Gasteiger partial charge in [0.25, 0.3) is 0 Å². The summed E-state index contributed by atoms with van der Waals surface area (Å²) in [7, 11) is 0. The van der Waals surface area contributed by atoms with Crippen LogP contribution in [-0.4, -0.2) is 39.1 Å². The van der Waals surface area contributed by atoms with Crippen LogP contribution in [0.25, 0.3) is 16.1 Å². The fourth-order valence-electron chi connectivity index (χ4n) is 3.41. The Bertz CT molecular complexity index is 924. The van der Waals surface area contributed by atoms with Gasteiger partial charge in [-0.05, 0) is 50.8 Å². The molecule has 3 aromatic heterocycles. The molecule has 0 aromatic carbocycles. The minimum atomic E-state index is -0.471. The number of nitrogens with zero attached hydrogens (tertiary/aromatic N) is 3. The number of ether oxygens (including phenoxy) is 1. The second-order valence-corrected chi connectivity index (χ2v) is 8.61. The van der Waals surface area contributed by atoms with Crippen LogP contribution in [0.15, 0.2) is 41.9 Å². The Labute approximate surface area is 157 Å². The minimum Gasteiger partial charge on any atom is -0.444 e. The van der Waals surface area contributed by atoms with E-state index < -0.39 is 5.60 Å². The number of pyridine rings is 1. The van der Waals surface area contributed by atoms with E-state index in [9.17, 15) is 4.79 Å². The van der Waals surface area contributed by atoms with E-state index in [0.29, 0.717) is 13.1 Å². The number of likely N-dealkylation sites (tertiary alicyclic amines) is 1. The maximum absolute atomic E-state index is 12.4. The van der Waals surface area contributed by atoms with Gasteiger partial charge in [0, 0.05) is 25.2 Å². The van der Waals surface area contributed by atoms with Crippen LogP contribution in [0.4, 0.5) is 4.79 Å². The van der Waals surface area contributed by atoms with Gasteiger partial charge < -0.3 is 14.0 Å². The first-order chi connectivity index (χ1) is 12.4. The predicted octanol–water partition coefficient (Wildman–Crippen LogP) is 4.79. The molecule has 1 saturated heterocycles. The Morgan fingerprint density at radius 1 is 1.27 bits per heavy atom.